The molecule has 0 aromatic heterocycles. The second-order valence-corrected chi connectivity index (χ2v) is 7.49. The van der Waals surface area contributed by atoms with E-state index in [4.69, 9.17) is 10.8 Å². The first-order chi connectivity index (χ1) is 14.8. The van der Waals surface area contributed by atoms with Crippen LogP contribution in [0.15, 0.2) is 58.7 Å². The Balaban J connectivity index is 1.69. The number of hydrogen-bond donors (Lipinski definition) is 2. The van der Waals surface area contributed by atoms with Gasteiger partial charge in [0.2, 0.25) is 11.8 Å². The first-order valence-corrected chi connectivity index (χ1v) is 9.62. The summed E-state index contributed by atoms with van der Waals surface area (Å²) in [4.78, 5) is 47.3. The van der Waals surface area contributed by atoms with E-state index >= 15 is 0 Å². The Labute approximate surface area is 179 Å². The minimum Gasteiger partial charge on any atom is -0.478 e. The average Bonchev–Trinajstić information content (AvgIpc) is 3.01. The van der Waals surface area contributed by atoms with Crippen molar-refractivity contribution in [3.8, 4) is 0 Å². The van der Waals surface area contributed by atoms with Crippen molar-refractivity contribution in [2.24, 2.45) is 15.9 Å². The number of carboxylic acids is 1. The molecule has 1 heterocycles. The maximum atomic E-state index is 12.7. The van der Waals surface area contributed by atoms with Crippen LogP contribution in [-0.4, -0.2) is 44.4 Å². The molecule has 158 valence electrons. The molecule has 2 amide bonds. The van der Waals surface area contributed by atoms with E-state index in [9.17, 15) is 24.5 Å². The van der Waals surface area contributed by atoms with Gasteiger partial charge >= 0.3 is 5.97 Å². The number of hydrogen-bond acceptors (Lipinski definition) is 8. The minimum absolute atomic E-state index is 0.0502. The summed E-state index contributed by atoms with van der Waals surface area (Å²) in [6.45, 7) is 0. The Hall–Kier alpha value is -4.06. The first kappa shape index (κ1) is 21.6. The number of nitro groups is 1. The van der Waals surface area contributed by atoms with E-state index in [1.165, 1.54) is 48.7 Å². The van der Waals surface area contributed by atoms with Crippen LogP contribution in [-0.2, 0) is 9.59 Å². The second-order valence-electron chi connectivity index (χ2n) is 6.27. The Morgan fingerprint density at radius 3 is 2.71 bits per heavy atom. The van der Waals surface area contributed by atoms with Gasteiger partial charge in [-0.25, -0.2) is 9.69 Å². The maximum absolute atomic E-state index is 12.7. The van der Waals surface area contributed by atoms with Crippen LogP contribution in [0.5, 0.6) is 0 Å². The highest BCUT2D eigenvalue weighted by molar-refractivity contribution is 8.14. The van der Waals surface area contributed by atoms with E-state index in [0.29, 0.717) is 5.56 Å². The lowest BCUT2D eigenvalue weighted by Gasteiger charge is -2.15. The van der Waals surface area contributed by atoms with Crippen LogP contribution < -0.4 is 10.6 Å². The van der Waals surface area contributed by atoms with E-state index in [1.54, 1.807) is 6.07 Å². The van der Waals surface area contributed by atoms with Gasteiger partial charge in [-0.15, -0.1) is 5.10 Å². The molecule has 0 saturated carbocycles. The third-order valence-electron chi connectivity index (χ3n) is 4.16. The third-order valence-corrected chi connectivity index (χ3v) is 5.14. The molecule has 1 aliphatic heterocycles. The smallest absolute Gasteiger partial charge is 0.335 e. The highest BCUT2D eigenvalue weighted by Crippen LogP contribution is 2.30. The summed E-state index contributed by atoms with van der Waals surface area (Å²) < 4.78 is 0. The summed E-state index contributed by atoms with van der Waals surface area (Å²) in [5.41, 5.74) is 6.23. The van der Waals surface area contributed by atoms with Gasteiger partial charge in [-0.05, 0) is 18.2 Å². The fraction of sp³-hybridized carbons (Fsp3) is 0.105. The number of nitro benzene ring substituents is 1. The first-order valence-electron chi connectivity index (χ1n) is 8.74. The van der Waals surface area contributed by atoms with Crippen LogP contribution in [0.3, 0.4) is 0 Å². The number of rotatable bonds is 6. The predicted molar refractivity (Wildman–Crippen MR) is 114 cm³/mol. The lowest BCUT2D eigenvalue weighted by Crippen LogP contribution is -2.32. The number of nitrogens with zero attached hydrogens (tertiary/aromatic N) is 4. The molecule has 12 heteroatoms. The van der Waals surface area contributed by atoms with Gasteiger partial charge in [0.1, 0.15) is 5.25 Å². The van der Waals surface area contributed by atoms with Crippen molar-refractivity contribution in [2.75, 3.05) is 4.90 Å². The van der Waals surface area contributed by atoms with Crippen molar-refractivity contribution in [1.29, 1.82) is 0 Å². The maximum Gasteiger partial charge on any atom is 0.335 e. The number of carbonyl (C=O) groups is 3. The third kappa shape index (κ3) is 5.11. The van der Waals surface area contributed by atoms with Crippen molar-refractivity contribution in [1.82, 2.24) is 0 Å². The molecule has 0 spiro atoms. The Bertz CT molecular complexity index is 1130. The highest BCUT2D eigenvalue weighted by atomic mass is 32.2. The number of benzene rings is 2. The highest BCUT2D eigenvalue weighted by Gasteiger charge is 2.40. The topological polar surface area (TPSA) is 169 Å². The largest absolute Gasteiger partial charge is 0.478 e. The van der Waals surface area contributed by atoms with Gasteiger partial charge in [0.15, 0.2) is 5.17 Å². The summed E-state index contributed by atoms with van der Waals surface area (Å²) in [5, 5.41) is 26.5. The van der Waals surface area contributed by atoms with Crippen LogP contribution in [0.2, 0.25) is 0 Å². The standard InChI is InChI=1S/C19H15N5O6S/c20-19(22-21-10-11-3-1-6-14(7-11)24(29)30)31-15-9-16(25)23(17(15)26)13-5-2-4-12(8-13)18(27)28/h1-8,10,15H,9H2,(H2,20,22)(H,27,28)/b21-10+. The lowest BCUT2D eigenvalue weighted by molar-refractivity contribution is -0.384. The fourth-order valence-electron chi connectivity index (χ4n) is 2.79. The Kier molecular flexibility index (Phi) is 6.40. The van der Waals surface area contributed by atoms with Crippen molar-refractivity contribution in [2.45, 2.75) is 11.7 Å². The molecule has 2 aromatic rings. The van der Waals surface area contributed by atoms with E-state index in [1.807, 2.05) is 0 Å². The summed E-state index contributed by atoms with van der Waals surface area (Å²) in [5.74, 6) is -2.21. The van der Waals surface area contributed by atoms with E-state index < -0.39 is 28.0 Å². The van der Waals surface area contributed by atoms with Gasteiger partial charge in [0.05, 0.1) is 22.4 Å². The van der Waals surface area contributed by atoms with Gasteiger partial charge in [-0.1, -0.05) is 30.0 Å². The predicted octanol–water partition coefficient (Wildman–Crippen LogP) is 2.01. The number of carboxylic acid groups (broad SMARTS) is 1. The zero-order valence-corrected chi connectivity index (χ0v) is 16.6. The molecule has 1 aliphatic rings. The molecule has 3 rings (SSSR count). The molecule has 3 N–H and O–H groups in total. The number of non-ortho nitro benzene ring substituents is 1. The summed E-state index contributed by atoms with van der Waals surface area (Å²) in [6.07, 6.45) is 1.14. The molecule has 1 fully saturated rings. The lowest BCUT2D eigenvalue weighted by atomic mass is 10.2. The summed E-state index contributed by atoms with van der Waals surface area (Å²) in [6, 6.07) is 11.2. The van der Waals surface area contributed by atoms with Crippen LogP contribution in [0, 0.1) is 10.1 Å². The van der Waals surface area contributed by atoms with E-state index in [2.05, 4.69) is 10.2 Å². The molecular formula is C19H15N5O6S. The van der Waals surface area contributed by atoms with E-state index in [0.717, 1.165) is 16.7 Å². The molecule has 1 unspecified atom stereocenters. The molecule has 0 radical (unpaired) electrons. The molecule has 1 saturated heterocycles. The fourth-order valence-corrected chi connectivity index (χ4v) is 3.60. The van der Waals surface area contributed by atoms with Gasteiger partial charge in [0.25, 0.3) is 5.69 Å². The Morgan fingerprint density at radius 1 is 1.26 bits per heavy atom. The number of nitrogens with two attached hydrogens (primary N) is 1. The number of aromatic carboxylic acids is 1. The number of carbonyl (C=O) groups excluding carboxylic acids is 2. The molecule has 0 aliphatic carbocycles. The second kappa shape index (κ2) is 9.17. The van der Waals surface area contributed by atoms with Crippen LogP contribution in [0.25, 0.3) is 0 Å². The SMILES string of the molecule is NC(=N/N=C/c1cccc([N+](=O)[O-])c1)SC1CC(=O)N(c2cccc(C(=O)O)c2)C1=O. The number of anilines is 1. The molecule has 31 heavy (non-hydrogen) atoms. The normalized spacial score (nSPS) is 16.8. The van der Waals surface area contributed by atoms with Crippen LogP contribution >= 0.6 is 11.8 Å². The molecule has 0 bridgehead atoms. The zero-order chi connectivity index (χ0) is 22.5. The number of amidine groups is 1. The summed E-state index contributed by atoms with van der Waals surface area (Å²) in [7, 11) is 0. The van der Waals surface area contributed by atoms with Crippen molar-refractivity contribution in [3.05, 3.63) is 69.8 Å². The monoisotopic (exact) mass is 441 g/mol. The van der Waals surface area contributed by atoms with Gasteiger partial charge in [-0.3, -0.25) is 19.7 Å². The van der Waals surface area contributed by atoms with Crippen molar-refractivity contribution in [3.63, 3.8) is 0 Å². The molecule has 2 aromatic carbocycles. The average molecular weight is 441 g/mol. The van der Waals surface area contributed by atoms with Gasteiger partial charge < -0.3 is 10.8 Å². The summed E-state index contributed by atoms with van der Waals surface area (Å²) >= 11 is 0.849. The van der Waals surface area contributed by atoms with Gasteiger partial charge in [0, 0.05) is 24.1 Å². The van der Waals surface area contributed by atoms with Gasteiger partial charge in [-0.2, -0.15) is 5.10 Å². The molecular weight excluding hydrogens is 426 g/mol. The number of amides is 2. The molecule has 11 nitrogen and oxygen atoms in total. The minimum atomic E-state index is -1.18. The van der Waals surface area contributed by atoms with Crippen molar-refractivity contribution < 1.29 is 24.4 Å². The Morgan fingerprint density at radius 2 is 2.00 bits per heavy atom. The van der Waals surface area contributed by atoms with Crippen molar-refractivity contribution >= 4 is 52.3 Å². The zero-order valence-electron chi connectivity index (χ0n) is 15.7. The van der Waals surface area contributed by atoms with Crippen LogP contribution in [0.4, 0.5) is 11.4 Å². The van der Waals surface area contributed by atoms with E-state index in [-0.39, 0.29) is 28.5 Å². The quantitative estimate of drug-likeness (QED) is 0.225. The number of thioether (sulfide) groups is 1. The van der Waals surface area contributed by atoms with Crippen LogP contribution in [0.1, 0.15) is 22.3 Å². The number of imide groups is 1. The molecule has 1 atom stereocenters.